The Balaban J connectivity index is 1.61. The van der Waals surface area contributed by atoms with Crippen LogP contribution >= 0.6 is 0 Å². The molecule has 2 atom stereocenters. The minimum Gasteiger partial charge on any atom is -0.393 e. The first-order chi connectivity index (χ1) is 11.2. The zero-order chi connectivity index (χ0) is 16.3. The topological polar surface area (TPSA) is 70.7 Å². The van der Waals surface area contributed by atoms with E-state index in [4.69, 9.17) is 10.4 Å². The van der Waals surface area contributed by atoms with Gasteiger partial charge < -0.3 is 10.2 Å². The number of aliphatic hydroxyl groups is 2. The van der Waals surface area contributed by atoms with Crippen molar-refractivity contribution in [1.82, 2.24) is 9.80 Å². The van der Waals surface area contributed by atoms with Gasteiger partial charge in [-0.25, -0.2) is 0 Å². The van der Waals surface area contributed by atoms with Gasteiger partial charge in [0.1, 0.15) is 6.10 Å². The maximum absolute atomic E-state index is 9.63. The highest BCUT2D eigenvalue weighted by molar-refractivity contribution is 5.24. The van der Waals surface area contributed by atoms with Crippen molar-refractivity contribution in [2.45, 2.75) is 37.5 Å². The van der Waals surface area contributed by atoms with E-state index in [2.05, 4.69) is 15.9 Å². The number of likely N-dealkylation sites (tertiary alicyclic amines) is 2. The summed E-state index contributed by atoms with van der Waals surface area (Å²) in [5.41, 5.74) is 2.19. The Hall–Kier alpha value is -1.45. The van der Waals surface area contributed by atoms with Gasteiger partial charge >= 0.3 is 0 Å². The van der Waals surface area contributed by atoms with E-state index in [0.29, 0.717) is 6.54 Å². The molecule has 1 aromatic rings. The van der Waals surface area contributed by atoms with E-state index in [1.54, 1.807) is 0 Å². The summed E-state index contributed by atoms with van der Waals surface area (Å²) in [4.78, 5) is 4.83. The van der Waals surface area contributed by atoms with Crippen LogP contribution in [0.15, 0.2) is 24.3 Å². The quantitative estimate of drug-likeness (QED) is 0.801. The number of benzene rings is 1. The second-order valence-corrected chi connectivity index (χ2v) is 6.81. The van der Waals surface area contributed by atoms with Gasteiger partial charge in [-0.3, -0.25) is 9.80 Å². The van der Waals surface area contributed by atoms with Crippen LogP contribution in [0.3, 0.4) is 0 Å². The lowest BCUT2D eigenvalue weighted by molar-refractivity contribution is 0.0956. The predicted molar refractivity (Wildman–Crippen MR) is 87.5 cm³/mol. The van der Waals surface area contributed by atoms with E-state index in [1.807, 2.05) is 24.3 Å². The van der Waals surface area contributed by atoms with E-state index in [1.165, 1.54) is 18.4 Å². The van der Waals surface area contributed by atoms with Crippen molar-refractivity contribution in [3.05, 3.63) is 35.4 Å². The van der Waals surface area contributed by atoms with Gasteiger partial charge in [0.15, 0.2) is 0 Å². The van der Waals surface area contributed by atoms with Gasteiger partial charge in [-0.2, -0.15) is 5.26 Å². The molecule has 2 fully saturated rings. The number of nitriles is 1. The van der Waals surface area contributed by atoms with E-state index >= 15 is 0 Å². The molecule has 0 saturated carbocycles. The van der Waals surface area contributed by atoms with E-state index < -0.39 is 6.10 Å². The van der Waals surface area contributed by atoms with Gasteiger partial charge in [-0.1, -0.05) is 24.3 Å². The Morgan fingerprint density at radius 3 is 2.70 bits per heavy atom. The molecule has 1 spiro atoms. The maximum Gasteiger partial charge on any atom is 0.102 e. The molecule has 0 aromatic heterocycles. The molecule has 0 bridgehead atoms. The fraction of sp³-hybridized carbons (Fsp3) is 0.611. The number of aliphatic hydroxyl groups excluding tert-OH is 2. The Morgan fingerprint density at radius 1 is 1.22 bits per heavy atom. The third-order valence-electron chi connectivity index (χ3n) is 5.36. The van der Waals surface area contributed by atoms with Crippen LogP contribution < -0.4 is 0 Å². The largest absolute Gasteiger partial charge is 0.393 e. The molecular weight excluding hydrogens is 290 g/mol. The zero-order valence-corrected chi connectivity index (χ0v) is 13.5. The molecule has 3 rings (SSSR count). The summed E-state index contributed by atoms with van der Waals surface area (Å²) >= 11 is 0. The van der Waals surface area contributed by atoms with Crippen molar-refractivity contribution < 1.29 is 10.2 Å². The number of rotatable bonds is 5. The lowest BCUT2D eigenvalue weighted by Crippen LogP contribution is -2.46. The van der Waals surface area contributed by atoms with Gasteiger partial charge in [-0.05, 0) is 36.9 Å². The maximum atomic E-state index is 9.63. The highest BCUT2D eigenvalue weighted by Gasteiger charge is 2.45. The minimum absolute atomic E-state index is 0.211. The Labute approximate surface area is 137 Å². The minimum atomic E-state index is -0.794. The van der Waals surface area contributed by atoms with Gasteiger partial charge in [0.05, 0.1) is 19.2 Å². The summed E-state index contributed by atoms with van der Waals surface area (Å²) < 4.78 is 0. The summed E-state index contributed by atoms with van der Waals surface area (Å²) in [6.07, 6.45) is 2.75. The van der Waals surface area contributed by atoms with Crippen LogP contribution in [0.5, 0.6) is 0 Å². The molecule has 5 heteroatoms. The first kappa shape index (κ1) is 16.4. The molecule has 2 unspecified atom stereocenters. The Bertz CT molecular complexity index is 569. The van der Waals surface area contributed by atoms with Gasteiger partial charge in [-0.15, -0.1) is 0 Å². The van der Waals surface area contributed by atoms with Crippen LogP contribution in [0.4, 0.5) is 0 Å². The van der Waals surface area contributed by atoms with Crippen molar-refractivity contribution in [2.75, 3.05) is 32.8 Å². The second-order valence-electron chi connectivity index (χ2n) is 6.81. The van der Waals surface area contributed by atoms with Crippen LogP contribution in [-0.4, -0.2) is 58.3 Å². The molecule has 2 N–H and O–H groups in total. The third-order valence-corrected chi connectivity index (χ3v) is 5.36. The Morgan fingerprint density at radius 2 is 2.00 bits per heavy atom. The van der Waals surface area contributed by atoms with E-state index in [0.717, 1.165) is 38.2 Å². The van der Waals surface area contributed by atoms with Crippen molar-refractivity contribution in [2.24, 2.45) is 0 Å². The number of hydrogen-bond acceptors (Lipinski definition) is 5. The summed E-state index contributed by atoms with van der Waals surface area (Å²) in [5, 5.41) is 27.6. The highest BCUT2D eigenvalue weighted by atomic mass is 16.3. The lowest BCUT2D eigenvalue weighted by Gasteiger charge is -2.33. The van der Waals surface area contributed by atoms with Crippen molar-refractivity contribution in [3.8, 4) is 6.07 Å². The monoisotopic (exact) mass is 315 g/mol. The fourth-order valence-electron chi connectivity index (χ4n) is 4.07. The molecule has 124 valence electrons. The molecule has 2 aliphatic rings. The highest BCUT2D eigenvalue weighted by Crippen LogP contribution is 2.37. The smallest absolute Gasteiger partial charge is 0.102 e. The van der Waals surface area contributed by atoms with E-state index in [9.17, 15) is 5.11 Å². The molecule has 0 amide bonds. The third kappa shape index (κ3) is 3.41. The van der Waals surface area contributed by atoms with E-state index in [-0.39, 0.29) is 12.1 Å². The van der Waals surface area contributed by atoms with Crippen LogP contribution in [0, 0.1) is 11.3 Å². The normalized spacial score (nSPS) is 26.7. The lowest BCUT2D eigenvalue weighted by atomic mass is 9.95. The van der Waals surface area contributed by atoms with Gasteiger partial charge in [0.2, 0.25) is 0 Å². The standard InChI is InChI=1S/C18H25N3O2/c19-8-11-21-9-1-6-18(21)7-10-20(14-18)12-15-2-4-16(5-3-15)17(23)13-22/h2-5,17,22-23H,1,6-7,9-14H2. The second kappa shape index (κ2) is 6.98. The molecular formula is C18H25N3O2. The average molecular weight is 315 g/mol. The van der Waals surface area contributed by atoms with Crippen LogP contribution in [0.2, 0.25) is 0 Å². The molecule has 0 radical (unpaired) electrons. The summed E-state index contributed by atoms with van der Waals surface area (Å²) in [6.45, 7) is 4.36. The van der Waals surface area contributed by atoms with Gasteiger partial charge in [0.25, 0.3) is 0 Å². The predicted octanol–water partition coefficient (Wildman–Crippen LogP) is 1.28. The van der Waals surface area contributed by atoms with Crippen LogP contribution in [0.25, 0.3) is 0 Å². The first-order valence-corrected chi connectivity index (χ1v) is 8.39. The molecule has 0 aliphatic carbocycles. The van der Waals surface area contributed by atoms with Gasteiger partial charge in [0, 0.05) is 25.2 Å². The van der Waals surface area contributed by atoms with Crippen molar-refractivity contribution in [1.29, 1.82) is 5.26 Å². The first-order valence-electron chi connectivity index (χ1n) is 8.39. The number of nitrogens with zero attached hydrogens (tertiary/aromatic N) is 3. The van der Waals surface area contributed by atoms with Crippen LogP contribution in [-0.2, 0) is 6.54 Å². The SMILES string of the molecule is N#CCN1CCCC12CCN(Cc1ccc(C(O)CO)cc1)C2. The molecule has 23 heavy (non-hydrogen) atoms. The molecule has 2 aliphatic heterocycles. The van der Waals surface area contributed by atoms with Crippen molar-refractivity contribution in [3.63, 3.8) is 0 Å². The van der Waals surface area contributed by atoms with Crippen LogP contribution in [0.1, 0.15) is 36.5 Å². The summed E-state index contributed by atoms with van der Waals surface area (Å²) in [5.74, 6) is 0. The summed E-state index contributed by atoms with van der Waals surface area (Å²) in [7, 11) is 0. The van der Waals surface area contributed by atoms with Crippen molar-refractivity contribution >= 4 is 0 Å². The fourth-order valence-corrected chi connectivity index (χ4v) is 4.07. The molecule has 5 nitrogen and oxygen atoms in total. The molecule has 2 saturated heterocycles. The summed E-state index contributed by atoms with van der Waals surface area (Å²) in [6, 6.07) is 10.1. The molecule has 2 heterocycles. The zero-order valence-electron chi connectivity index (χ0n) is 13.5. The number of hydrogen-bond donors (Lipinski definition) is 2. The molecule has 1 aromatic carbocycles. The Kier molecular flexibility index (Phi) is 4.98. The average Bonchev–Trinajstić information content (AvgIpc) is 3.15.